The van der Waals surface area contributed by atoms with Gasteiger partial charge in [0.05, 0.1) is 5.69 Å². The zero-order valence-corrected chi connectivity index (χ0v) is 13.5. The highest BCUT2D eigenvalue weighted by atomic mass is 16.3. The van der Waals surface area contributed by atoms with Gasteiger partial charge < -0.3 is 5.11 Å². The summed E-state index contributed by atoms with van der Waals surface area (Å²) >= 11 is 0. The van der Waals surface area contributed by atoms with Gasteiger partial charge >= 0.3 is 0 Å². The van der Waals surface area contributed by atoms with Gasteiger partial charge in [-0.3, -0.25) is 9.78 Å². The van der Waals surface area contributed by atoms with Crippen LogP contribution in [0.2, 0.25) is 0 Å². The average Bonchev–Trinajstić information content (AvgIpc) is 2.46. The summed E-state index contributed by atoms with van der Waals surface area (Å²) in [7, 11) is 0. The Morgan fingerprint density at radius 3 is 2.38 bits per heavy atom. The second kappa shape index (κ2) is 10.4. The number of hydrogen-bond donors (Lipinski definition) is 1. The summed E-state index contributed by atoms with van der Waals surface area (Å²) in [5, 5.41) is 9.42. The highest BCUT2D eigenvalue weighted by Gasteiger charge is 2.02. The third-order valence-electron chi connectivity index (χ3n) is 3.81. The van der Waals surface area contributed by atoms with Crippen molar-refractivity contribution in [2.75, 3.05) is 0 Å². The molecule has 3 heteroatoms. The van der Waals surface area contributed by atoms with Gasteiger partial charge in [0.25, 0.3) is 0 Å². The van der Waals surface area contributed by atoms with Gasteiger partial charge in [0.15, 0.2) is 0 Å². The Balaban J connectivity index is 2.04. The second-order valence-electron chi connectivity index (χ2n) is 5.82. The molecule has 0 aliphatic carbocycles. The van der Waals surface area contributed by atoms with Crippen molar-refractivity contribution in [1.82, 2.24) is 4.98 Å². The van der Waals surface area contributed by atoms with Crippen molar-refractivity contribution in [3.05, 3.63) is 23.5 Å². The number of aromatic hydroxyl groups is 1. The number of carbonyl (C=O) groups is 1. The second-order valence-corrected chi connectivity index (χ2v) is 5.82. The molecular weight excluding hydrogens is 262 g/mol. The lowest BCUT2D eigenvalue weighted by Crippen LogP contribution is -1.98. The number of pyridine rings is 1. The molecular formula is C18H29NO2. The van der Waals surface area contributed by atoms with Crippen LogP contribution in [0, 0.1) is 6.92 Å². The summed E-state index contributed by atoms with van der Waals surface area (Å²) in [4.78, 5) is 16.0. The first-order chi connectivity index (χ1) is 10.1. The summed E-state index contributed by atoms with van der Waals surface area (Å²) in [6.07, 6.45) is 10.3. The third kappa shape index (κ3) is 7.84. The third-order valence-corrected chi connectivity index (χ3v) is 3.81. The van der Waals surface area contributed by atoms with E-state index >= 15 is 0 Å². The van der Waals surface area contributed by atoms with Gasteiger partial charge in [-0.05, 0) is 44.7 Å². The number of hydrogen-bond acceptors (Lipinski definition) is 3. The van der Waals surface area contributed by atoms with Crippen LogP contribution in [-0.4, -0.2) is 15.9 Å². The highest BCUT2D eigenvalue weighted by Crippen LogP contribution is 2.15. The summed E-state index contributed by atoms with van der Waals surface area (Å²) in [6, 6.07) is 3.60. The van der Waals surface area contributed by atoms with Crippen molar-refractivity contribution in [3.8, 4) is 5.75 Å². The Hall–Kier alpha value is -1.38. The maximum atomic E-state index is 11.6. The highest BCUT2D eigenvalue weighted by molar-refractivity contribution is 5.78. The Morgan fingerprint density at radius 1 is 1.05 bits per heavy atom. The minimum Gasteiger partial charge on any atom is -0.506 e. The molecule has 118 valence electrons. The lowest BCUT2D eigenvalue weighted by atomic mass is 10.0. The fourth-order valence-electron chi connectivity index (χ4n) is 2.42. The molecule has 3 nitrogen and oxygen atoms in total. The minimum absolute atomic E-state index is 0.264. The van der Waals surface area contributed by atoms with Crippen LogP contribution in [-0.2, 0) is 11.2 Å². The molecule has 1 rings (SSSR count). The summed E-state index contributed by atoms with van der Waals surface area (Å²) in [5.74, 6) is 0.694. The molecule has 1 aromatic heterocycles. The van der Waals surface area contributed by atoms with Gasteiger partial charge in [-0.1, -0.05) is 32.6 Å². The van der Waals surface area contributed by atoms with E-state index in [1.54, 1.807) is 6.07 Å². The van der Waals surface area contributed by atoms with E-state index in [9.17, 15) is 9.90 Å². The number of nitrogens with zero attached hydrogens (tertiary/aromatic N) is 1. The standard InChI is InChI=1S/C18H29NO2/c1-3-4-7-11-17(20)12-9-6-5-8-10-16-13-14-18(21)15(2)19-16/h13-14,21H,3-12H2,1-2H3. The predicted octanol–water partition coefficient (Wildman–Crippen LogP) is 4.74. The van der Waals surface area contributed by atoms with Gasteiger partial charge in [-0.25, -0.2) is 0 Å². The van der Waals surface area contributed by atoms with E-state index in [4.69, 9.17) is 0 Å². The molecule has 0 radical (unpaired) electrons. The van der Waals surface area contributed by atoms with Gasteiger partial charge in [0, 0.05) is 18.5 Å². The zero-order chi connectivity index (χ0) is 15.5. The Labute approximate surface area is 128 Å². The SMILES string of the molecule is CCCCCC(=O)CCCCCCc1ccc(O)c(C)n1. The van der Waals surface area contributed by atoms with E-state index in [1.165, 1.54) is 12.8 Å². The lowest BCUT2D eigenvalue weighted by molar-refractivity contribution is -0.119. The van der Waals surface area contributed by atoms with Crippen molar-refractivity contribution in [2.45, 2.75) is 78.1 Å². The van der Waals surface area contributed by atoms with Crippen LogP contribution in [0.4, 0.5) is 0 Å². The van der Waals surface area contributed by atoms with Crippen molar-refractivity contribution < 1.29 is 9.90 Å². The average molecular weight is 291 g/mol. The molecule has 0 amide bonds. The van der Waals surface area contributed by atoms with Crippen LogP contribution < -0.4 is 0 Å². The molecule has 0 fully saturated rings. The van der Waals surface area contributed by atoms with E-state index < -0.39 is 0 Å². The number of carbonyl (C=O) groups excluding carboxylic acids is 1. The number of aryl methyl sites for hydroxylation is 2. The van der Waals surface area contributed by atoms with Crippen LogP contribution in [0.1, 0.15) is 76.1 Å². The molecule has 1 heterocycles. The first-order valence-electron chi connectivity index (χ1n) is 8.30. The first kappa shape index (κ1) is 17.7. The molecule has 0 aromatic carbocycles. The fraction of sp³-hybridized carbons (Fsp3) is 0.667. The fourth-order valence-corrected chi connectivity index (χ4v) is 2.42. The quantitative estimate of drug-likeness (QED) is 0.599. The van der Waals surface area contributed by atoms with Gasteiger partial charge in [0.2, 0.25) is 0 Å². The van der Waals surface area contributed by atoms with Crippen molar-refractivity contribution in [3.63, 3.8) is 0 Å². The van der Waals surface area contributed by atoms with Crippen LogP contribution in [0.3, 0.4) is 0 Å². The number of ketones is 1. The molecule has 0 bridgehead atoms. The van der Waals surface area contributed by atoms with Gasteiger partial charge in [0.1, 0.15) is 11.5 Å². The molecule has 0 saturated carbocycles. The predicted molar refractivity (Wildman–Crippen MR) is 86.6 cm³/mol. The Kier molecular flexibility index (Phi) is 8.72. The molecule has 1 aromatic rings. The Bertz CT molecular complexity index is 429. The first-order valence-corrected chi connectivity index (χ1v) is 8.30. The monoisotopic (exact) mass is 291 g/mol. The van der Waals surface area contributed by atoms with Crippen molar-refractivity contribution in [2.24, 2.45) is 0 Å². The maximum Gasteiger partial charge on any atom is 0.136 e. The number of aromatic nitrogens is 1. The zero-order valence-electron chi connectivity index (χ0n) is 13.5. The topological polar surface area (TPSA) is 50.2 Å². The molecule has 0 saturated heterocycles. The summed E-state index contributed by atoms with van der Waals surface area (Å²) < 4.78 is 0. The van der Waals surface area contributed by atoms with E-state index in [1.807, 2.05) is 13.0 Å². The Morgan fingerprint density at radius 2 is 1.71 bits per heavy atom. The van der Waals surface area contributed by atoms with Crippen molar-refractivity contribution in [1.29, 1.82) is 0 Å². The minimum atomic E-state index is 0.264. The van der Waals surface area contributed by atoms with E-state index in [2.05, 4.69) is 11.9 Å². The lowest BCUT2D eigenvalue weighted by Gasteiger charge is -2.04. The van der Waals surface area contributed by atoms with Crippen LogP contribution in [0.15, 0.2) is 12.1 Å². The molecule has 0 aliphatic heterocycles. The van der Waals surface area contributed by atoms with E-state index in [0.717, 1.165) is 57.1 Å². The smallest absolute Gasteiger partial charge is 0.136 e. The molecule has 1 N–H and O–H groups in total. The molecule has 0 aliphatic rings. The maximum absolute atomic E-state index is 11.6. The number of Topliss-reactive ketones (excluding diaryl/α,β-unsaturated/α-hetero) is 1. The van der Waals surface area contributed by atoms with E-state index in [-0.39, 0.29) is 5.75 Å². The van der Waals surface area contributed by atoms with Crippen LogP contribution in [0.25, 0.3) is 0 Å². The number of rotatable bonds is 11. The normalized spacial score (nSPS) is 10.8. The summed E-state index contributed by atoms with van der Waals surface area (Å²) in [6.45, 7) is 3.98. The molecule has 21 heavy (non-hydrogen) atoms. The molecule has 0 atom stereocenters. The van der Waals surface area contributed by atoms with Gasteiger partial charge in [-0.2, -0.15) is 0 Å². The summed E-state index contributed by atoms with van der Waals surface area (Å²) in [5.41, 5.74) is 1.74. The van der Waals surface area contributed by atoms with E-state index in [0.29, 0.717) is 11.5 Å². The molecule has 0 spiro atoms. The van der Waals surface area contributed by atoms with Gasteiger partial charge in [-0.15, -0.1) is 0 Å². The largest absolute Gasteiger partial charge is 0.506 e. The number of unbranched alkanes of at least 4 members (excludes halogenated alkanes) is 5. The van der Waals surface area contributed by atoms with Crippen LogP contribution >= 0.6 is 0 Å². The van der Waals surface area contributed by atoms with Crippen LogP contribution in [0.5, 0.6) is 5.75 Å². The van der Waals surface area contributed by atoms with Crippen molar-refractivity contribution >= 4 is 5.78 Å². The molecule has 0 unspecified atom stereocenters.